The Morgan fingerprint density at radius 1 is 1.30 bits per heavy atom. The first-order valence-corrected chi connectivity index (χ1v) is 7.21. The Morgan fingerprint density at radius 2 is 2.00 bits per heavy atom. The van der Waals surface area contributed by atoms with Crippen molar-refractivity contribution in [2.45, 2.75) is 30.8 Å². The van der Waals surface area contributed by atoms with Crippen LogP contribution in [0.2, 0.25) is 0 Å². The summed E-state index contributed by atoms with van der Waals surface area (Å²) in [6, 6.07) is 8.76. The fourth-order valence-corrected chi connectivity index (χ4v) is 2.81. The number of benzene rings is 1. The second-order valence-electron chi connectivity index (χ2n) is 4.35. The zero-order chi connectivity index (χ0) is 14.5. The van der Waals surface area contributed by atoms with E-state index in [4.69, 9.17) is 14.2 Å². The van der Waals surface area contributed by atoms with E-state index in [1.165, 1.54) is 18.7 Å². The summed E-state index contributed by atoms with van der Waals surface area (Å²) in [6.07, 6.45) is -0.585. The molecule has 2 rings (SSSR count). The molecule has 0 aromatic heterocycles. The summed E-state index contributed by atoms with van der Waals surface area (Å²) in [4.78, 5) is 22.7. The molecule has 1 aromatic rings. The van der Waals surface area contributed by atoms with Gasteiger partial charge in [0.15, 0.2) is 0 Å². The summed E-state index contributed by atoms with van der Waals surface area (Å²) in [7, 11) is 0. The highest BCUT2D eigenvalue weighted by atomic mass is 32.2. The number of carbonyl (C=O) groups is 2. The van der Waals surface area contributed by atoms with Gasteiger partial charge in [-0.05, 0) is 19.1 Å². The van der Waals surface area contributed by atoms with Crippen LogP contribution in [-0.4, -0.2) is 35.5 Å². The first-order chi connectivity index (χ1) is 9.56. The predicted molar refractivity (Wildman–Crippen MR) is 74.2 cm³/mol. The third-order valence-corrected chi connectivity index (χ3v) is 3.88. The zero-order valence-electron chi connectivity index (χ0n) is 11.3. The van der Waals surface area contributed by atoms with Gasteiger partial charge in [0, 0.05) is 6.92 Å². The monoisotopic (exact) mass is 296 g/mol. The molecule has 108 valence electrons. The summed E-state index contributed by atoms with van der Waals surface area (Å²) in [5.41, 5.74) is 0.182. The van der Waals surface area contributed by atoms with Gasteiger partial charge >= 0.3 is 11.9 Å². The molecule has 1 saturated heterocycles. The molecule has 0 saturated carbocycles. The normalized spacial score (nSPS) is 25.2. The summed E-state index contributed by atoms with van der Waals surface area (Å²) >= 11 is 1.48. The Bertz CT molecular complexity index is 476. The lowest BCUT2D eigenvalue weighted by Crippen LogP contribution is -2.25. The number of hydrogen-bond acceptors (Lipinski definition) is 6. The SMILES string of the molecule is CC(=O)OC1O[C@H](COC(=O)c2ccccc2)S[C@H]1C. The lowest BCUT2D eigenvalue weighted by Gasteiger charge is -2.13. The van der Waals surface area contributed by atoms with E-state index in [9.17, 15) is 9.59 Å². The quantitative estimate of drug-likeness (QED) is 0.794. The molecule has 0 spiro atoms. The van der Waals surface area contributed by atoms with E-state index >= 15 is 0 Å². The van der Waals surface area contributed by atoms with E-state index in [1.807, 2.05) is 13.0 Å². The highest BCUT2D eigenvalue weighted by Crippen LogP contribution is 2.33. The fraction of sp³-hybridized carbons (Fsp3) is 0.429. The van der Waals surface area contributed by atoms with E-state index in [1.54, 1.807) is 24.3 Å². The third kappa shape index (κ3) is 3.98. The molecule has 1 unspecified atom stereocenters. The van der Waals surface area contributed by atoms with Crippen LogP contribution in [-0.2, 0) is 19.0 Å². The van der Waals surface area contributed by atoms with Crippen LogP contribution in [0.1, 0.15) is 24.2 Å². The number of thioether (sulfide) groups is 1. The Hall–Kier alpha value is -1.53. The Labute approximate surface area is 121 Å². The minimum atomic E-state index is -0.585. The van der Waals surface area contributed by atoms with Crippen molar-refractivity contribution in [3.05, 3.63) is 35.9 Å². The molecule has 20 heavy (non-hydrogen) atoms. The van der Waals surface area contributed by atoms with Crippen molar-refractivity contribution in [3.8, 4) is 0 Å². The number of esters is 2. The van der Waals surface area contributed by atoms with Gasteiger partial charge in [0.25, 0.3) is 0 Å². The lowest BCUT2D eigenvalue weighted by atomic mass is 10.2. The van der Waals surface area contributed by atoms with Crippen LogP contribution in [0.15, 0.2) is 30.3 Å². The maximum Gasteiger partial charge on any atom is 0.338 e. The maximum absolute atomic E-state index is 11.8. The molecule has 1 heterocycles. The van der Waals surface area contributed by atoms with Crippen LogP contribution < -0.4 is 0 Å². The van der Waals surface area contributed by atoms with Gasteiger partial charge in [0.2, 0.25) is 6.29 Å². The zero-order valence-corrected chi connectivity index (χ0v) is 12.1. The van der Waals surface area contributed by atoms with Gasteiger partial charge < -0.3 is 14.2 Å². The van der Waals surface area contributed by atoms with Crippen LogP contribution in [0.25, 0.3) is 0 Å². The largest absolute Gasteiger partial charge is 0.458 e. The predicted octanol–water partition coefficient (Wildman–Crippen LogP) is 2.21. The Kier molecular flexibility index (Phi) is 5.03. The first kappa shape index (κ1) is 14.9. The topological polar surface area (TPSA) is 61.8 Å². The Balaban J connectivity index is 1.81. The molecule has 0 amide bonds. The van der Waals surface area contributed by atoms with Gasteiger partial charge in [-0.25, -0.2) is 4.79 Å². The minimum Gasteiger partial charge on any atom is -0.458 e. The average Bonchev–Trinajstić information content (AvgIpc) is 2.77. The molecule has 0 aliphatic carbocycles. The molecule has 1 aliphatic rings. The highest BCUT2D eigenvalue weighted by molar-refractivity contribution is 8.00. The summed E-state index contributed by atoms with van der Waals surface area (Å²) < 4.78 is 15.7. The molecule has 1 fully saturated rings. The van der Waals surface area contributed by atoms with Gasteiger partial charge in [-0.2, -0.15) is 0 Å². The van der Waals surface area contributed by atoms with Gasteiger partial charge in [0.05, 0.1) is 10.8 Å². The fourth-order valence-electron chi connectivity index (χ4n) is 1.76. The summed E-state index contributed by atoms with van der Waals surface area (Å²) in [5.74, 6) is -0.775. The van der Waals surface area contributed by atoms with E-state index in [0.29, 0.717) is 5.56 Å². The maximum atomic E-state index is 11.8. The minimum absolute atomic E-state index is 0.0133. The van der Waals surface area contributed by atoms with Crippen molar-refractivity contribution in [1.29, 1.82) is 0 Å². The molecule has 1 aliphatic heterocycles. The van der Waals surface area contributed by atoms with Crippen molar-refractivity contribution in [3.63, 3.8) is 0 Å². The average molecular weight is 296 g/mol. The van der Waals surface area contributed by atoms with Gasteiger partial charge in [-0.15, -0.1) is 11.8 Å². The van der Waals surface area contributed by atoms with Crippen LogP contribution in [0, 0.1) is 0 Å². The van der Waals surface area contributed by atoms with Crippen molar-refractivity contribution in [2.24, 2.45) is 0 Å². The number of hydrogen-bond donors (Lipinski definition) is 0. The standard InChI is InChI=1S/C14H16O5S/c1-9-14(18-10(2)15)19-12(20-9)8-17-13(16)11-6-4-3-5-7-11/h3-7,9,12,14H,8H2,1-2H3/t9-,12-,14?/m0/s1. The molecule has 6 heteroatoms. The molecule has 0 N–H and O–H groups in total. The van der Waals surface area contributed by atoms with Crippen molar-refractivity contribution in [2.75, 3.05) is 6.61 Å². The lowest BCUT2D eigenvalue weighted by molar-refractivity contribution is -0.175. The summed E-state index contributed by atoms with van der Waals surface area (Å²) in [6.45, 7) is 3.36. The molecule has 3 atom stereocenters. The van der Waals surface area contributed by atoms with E-state index < -0.39 is 12.3 Å². The smallest absolute Gasteiger partial charge is 0.338 e. The van der Waals surface area contributed by atoms with E-state index in [-0.39, 0.29) is 23.3 Å². The van der Waals surface area contributed by atoms with Crippen LogP contribution in [0.3, 0.4) is 0 Å². The van der Waals surface area contributed by atoms with Crippen molar-refractivity contribution < 1.29 is 23.8 Å². The Morgan fingerprint density at radius 3 is 2.65 bits per heavy atom. The van der Waals surface area contributed by atoms with Gasteiger partial charge in [-0.1, -0.05) is 18.2 Å². The molecular formula is C14H16O5S. The van der Waals surface area contributed by atoms with Gasteiger partial charge in [0.1, 0.15) is 12.0 Å². The van der Waals surface area contributed by atoms with Crippen molar-refractivity contribution in [1.82, 2.24) is 0 Å². The molecule has 0 bridgehead atoms. The number of carbonyl (C=O) groups excluding carboxylic acids is 2. The molecule has 0 radical (unpaired) electrons. The second-order valence-corrected chi connectivity index (χ2v) is 5.89. The molecule has 5 nitrogen and oxygen atoms in total. The van der Waals surface area contributed by atoms with Crippen LogP contribution in [0.4, 0.5) is 0 Å². The number of rotatable bonds is 4. The number of ether oxygens (including phenoxy) is 3. The van der Waals surface area contributed by atoms with Crippen LogP contribution in [0.5, 0.6) is 0 Å². The first-order valence-electron chi connectivity index (χ1n) is 6.26. The molecular weight excluding hydrogens is 280 g/mol. The van der Waals surface area contributed by atoms with E-state index in [2.05, 4.69) is 0 Å². The third-order valence-electron chi connectivity index (χ3n) is 2.68. The molecule has 1 aromatic carbocycles. The van der Waals surface area contributed by atoms with Crippen molar-refractivity contribution >= 4 is 23.7 Å². The highest BCUT2D eigenvalue weighted by Gasteiger charge is 2.35. The second kappa shape index (κ2) is 6.76. The van der Waals surface area contributed by atoms with E-state index in [0.717, 1.165) is 0 Å². The van der Waals surface area contributed by atoms with Gasteiger partial charge in [-0.3, -0.25) is 4.79 Å². The van der Waals surface area contributed by atoms with Crippen LogP contribution >= 0.6 is 11.8 Å². The summed E-state index contributed by atoms with van der Waals surface area (Å²) in [5, 5.41) is 0.0133.